The molecule has 23 heavy (non-hydrogen) atoms. The van der Waals surface area contributed by atoms with Crippen molar-refractivity contribution in [2.45, 2.75) is 59.1 Å². The zero-order valence-corrected chi connectivity index (χ0v) is 15.0. The quantitative estimate of drug-likeness (QED) is 0.873. The van der Waals surface area contributed by atoms with Crippen LogP contribution >= 0.6 is 0 Å². The summed E-state index contributed by atoms with van der Waals surface area (Å²) < 4.78 is 7.61. The highest BCUT2D eigenvalue weighted by atomic mass is 16.5. The Bertz CT molecular complexity index is 514. The SMILES string of the molecule is CC1CCC(C(C)C)C(OCC(=O)NC(C)c2cn(C)nn2)C1. The number of amides is 1. The maximum Gasteiger partial charge on any atom is 0.246 e. The Balaban J connectivity index is 1.82. The maximum absolute atomic E-state index is 12.1. The van der Waals surface area contributed by atoms with E-state index in [1.807, 2.05) is 20.2 Å². The summed E-state index contributed by atoms with van der Waals surface area (Å²) in [5, 5.41) is 10.8. The molecule has 1 aliphatic carbocycles. The Labute approximate surface area is 139 Å². The van der Waals surface area contributed by atoms with E-state index >= 15 is 0 Å². The molecular weight excluding hydrogens is 292 g/mol. The van der Waals surface area contributed by atoms with Crippen LogP contribution in [0.1, 0.15) is 58.7 Å². The molecule has 1 N–H and O–H groups in total. The van der Waals surface area contributed by atoms with Gasteiger partial charge in [-0.05, 0) is 37.5 Å². The third-order valence-corrected chi connectivity index (χ3v) is 4.83. The van der Waals surface area contributed by atoms with E-state index in [1.54, 1.807) is 4.68 Å². The number of aromatic nitrogens is 3. The van der Waals surface area contributed by atoms with Gasteiger partial charge in [0.15, 0.2) is 0 Å². The molecule has 0 spiro atoms. The number of hydrogen-bond acceptors (Lipinski definition) is 4. The van der Waals surface area contributed by atoms with E-state index < -0.39 is 0 Å². The van der Waals surface area contributed by atoms with Crippen molar-refractivity contribution in [2.75, 3.05) is 6.61 Å². The lowest BCUT2D eigenvalue weighted by Gasteiger charge is -2.37. The zero-order valence-electron chi connectivity index (χ0n) is 15.0. The van der Waals surface area contributed by atoms with E-state index in [0.29, 0.717) is 17.8 Å². The van der Waals surface area contributed by atoms with Gasteiger partial charge in [-0.3, -0.25) is 9.48 Å². The number of nitrogens with one attached hydrogen (secondary N) is 1. The monoisotopic (exact) mass is 322 g/mol. The minimum Gasteiger partial charge on any atom is -0.368 e. The molecule has 0 aromatic carbocycles. The number of carbonyl (C=O) groups excluding carboxylic acids is 1. The highest BCUT2D eigenvalue weighted by Gasteiger charge is 2.31. The van der Waals surface area contributed by atoms with Crippen molar-refractivity contribution in [1.82, 2.24) is 20.3 Å². The normalized spacial score (nSPS) is 26.3. The highest BCUT2D eigenvalue weighted by Crippen LogP contribution is 2.35. The van der Waals surface area contributed by atoms with Crippen LogP contribution in [0.25, 0.3) is 0 Å². The van der Waals surface area contributed by atoms with Crippen LogP contribution in [0.2, 0.25) is 0 Å². The fourth-order valence-electron chi connectivity index (χ4n) is 3.41. The standard InChI is InChI=1S/C17H30N4O2/c1-11(2)14-7-6-12(3)8-16(14)23-10-17(22)18-13(4)15-9-21(5)20-19-15/h9,11-14,16H,6-8,10H2,1-5H3,(H,18,22). The predicted molar refractivity (Wildman–Crippen MR) is 88.6 cm³/mol. The average molecular weight is 322 g/mol. The summed E-state index contributed by atoms with van der Waals surface area (Å²) in [6.07, 6.45) is 5.51. The fourth-order valence-corrected chi connectivity index (χ4v) is 3.41. The van der Waals surface area contributed by atoms with Crippen LogP contribution in [0.15, 0.2) is 6.20 Å². The minimum atomic E-state index is -0.161. The molecule has 1 fully saturated rings. The molecule has 130 valence electrons. The van der Waals surface area contributed by atoms with E-state index in [-0.39, 0.29) is 24.7 Å². The molecule has 1 saturated carbocycles. The van der Waals surface area contributed by atoms with E-state index in [4.69, 9.17) is 4.74 Å². The first kappa shape index (κ1) is 17.9. The van der Waals surface area contributed by atoms with Gasteiger partial charge in [0.2, 0.25) is 5.91 Å². The lowest BCUT2D eigenvalue weighted by atomic mass is 9.75. The van der Waals surface area contributed by atoms with Crippen LogP contribution in [0.4, 0.5) is 0 Å². The molecule has 4 unspecified atom stereocenters. The second kappa shape index (κ2) is 7.90. The smallest absolute Gasteiger partial charge is 0.246 e. The van der Waals surface area contributed by atoms with Crippen molar-refractivity contribution < 1.29 is 9.53 Å². The summed E-state index contributed by atoms with van der Waals surface area (Å²) >= 11 is 0. The molecule has 1 heterocycles. The highest BCUT2D eigenvalue weighted by molar-refractivity contribution is 5.77. The molecule has 6 nitrogen and oxygen atoms in total. The van der Waals surface area contributed by atoms with Gasteiger partial charge < -0.3 is 10.1 Å². The molecular formula is C17H30N4O2. The summed E-state index contributed by atoms with van der Waals surface area (Å²) in [6, 6.07) is -0.161. The number of rotatable bonds is 6. The molecule has 0 radical (unpaired) electrons. The number of aryl methyl sites for hydroxylation is 1. The van der Waals surface area contributed by atoms with Crippen molar-refractivity contribution in [3.05, 3.63) is 11.9 Å². The summed E-state index contributed by atoms with van der Waals surface area (Å²) in [7, 11) is 1.81. The van der Waals surface area contributed by atoms with Crippen LogP contribution in [0.5, 0.6) is 0 Å². The molecule has 1 aromatic heterocycles. The van der Waals surface area contributed by atoms with Crippen molar-refractivity contribution in [1.29, 1.82) is 0 Å². The van der Waals surface area contributed by atoms with Gasteiger partial charge in [0.05, 0.1) is 18.3 Å². The molecule has 0 saturated heterocycles. The molecule has 1 aromatic rings. The van der Waals surface area contributed by atoms with E-state index in [0.717, 1.165) is 12.1 Å². The average Bonchev–Trinajstić information content (AvgIpc) is 2.91. The van der Waals surface area contributed by atoms with Crippen molar-refractivity contribution in [3.63, 3.8) is 0 Å². The third-order valence-electron chi connectivity index (χ3n) is 4.83. The van der Waals surface area contributed by atoms with Crippen LogP contribution in [-0.4, -0.2) is 33.6 Å². The number of carbonyl (C=O) groups is 1. The van der Waals surface area contributed by atoms with Crippen LogP contribution < -0.4 is 5.32 Å². The van der Waals surface area contributed by atoms with Gasteiger partial charge in [-0.1, -0.05) is 32.4 Å². The van der Waals surface area contributed by atoms with Crippen molar-refractivity contribution in [3.8, 4) is 0 Å². The van der Waals surface area contributed by atoms with Gasteiger partial charge in [0.1, 0.15) is 12.3 Å². The van der Waals surface area contributed by atoms with Crippen molar-refractivity contribution in [2.24, 2.45) is 24.8 Å². The van der Waals surface area contributed by atoms with Crippen LogP contribution in [0.3, 0.4) is 0 Å². The number of ether oxygens (including phenoxy) is 1. The van der Waals surface area contributed by atoms with E-state index in [2.05, 4.69) is 36.4 Å². The van der Waals surface area contributed by atoms with Gasteiger partial charge in [-0.25, -0.2) is 0 Å². The predicted octanol–water partition coefficient (Wildman–Crippen LogP) is 2.47. The Morgan fingerprint density at radius 2 is 2.17 bits per heavy atom. The maximum atomic E-state index is 12.1. The summed E-state index contributed by atoms with van der Waals surface area (Å²) in [5.74, 6) is 1.73. The first-order chi connectivity index (χ1) is 10.9. The second-order valence-electron chi connectivity index (χ2n) is 7.28. The van der Waals surface area contributed by atoms with Gasteiger partial charge in [-0.2, -0.15) is 0 Å². The van der Waals surface area contributed by atoms with Gasteiger partial charge >= 0.3 is 0 Å². The molecule has 0 bridgehead atoms. The summed E-state index contributed by atoms with van der Waals surface area (Å²) in [6.45, 7) is 8.77. The van der Waals surface area contributed by atoms with Gasteiger partial charge in [0, 0.05) is 7.05 Å². The molecule has 1 amide bonds. The van der Waals surface area contributed by atoms with Crippen LogP contribution in [-0.2, 0) is 16.6 Å². The Hall–Kier alpha value is -1.43. The number of hydrogen-bond donors (Lipinski definition) is 1. The topological polar surface area (TPSA) is 69.0 Å². The largest absolute Gasteiger partial charge is 0.368 e. The Kier molecular flexibility index (Phi) is 6.16. The van der Waals surface area contributed by atoms with Gasteiger partial charge in [-0.15, -0.1) is 5.10 Å². The molecule has 1 aliphatic rings. The summed E-state index contributed by atoms with van der Waals surface area (Å²) in [5.41, 5.74) is 0.757. The molecule has 2 rings (SSSR count). The molecule has 0 aliphatic heterocycles. The van der Waals surface area contributed by atoms with E-state index in [1.165, 1.54) is 12.8 Å². The molecule has 4 atom stereocenters. The fraction of sp³-hybridized carbons (Fsp3) is 0.824. The first-order valence-electron chi connectivity index (χ1n) is 8.64. The zero-order chi connectivity index (χ0) is 17.0. The summed E-state index contributed by atoms with van der Waals surface area (Å²) in [4.78, 5) is 12.1. The number of nitrogens with zero attached hydrogens (tertiary/aromatic N) is 3. The first-order valence-corrected chi connectivity index (χ1v) is 8.64. The Morgan fingerprint density at radius 1 is 1.43 bits per heavy atom. The minimum absolute atomic E-state index is 0.0936. The van der Waals surface area contributed by atoms with Gasteiger partial charge in [0.25, 0.3) is 0 Å². The molecule has 6 heteroatoms. The van der Waals surface area contributed by atoms with E-state index in [9.17, 15) is 4.79 Å². The lowest BCUT2D eigenvalue weighted by Crippen LogP contribution is -2.38. The van der Waals surface area contributed by atoms with Crippen molar-refractivity contribution >= 4 is 5.91 Å². The Morgan fingerprint density at radius 3 is 2.78 bits per heavy atom. The second-order valence-corrected chi connectivity index (χ2v) is 7.28. The van der Waals surface area contributed by atoms with Crippen LogP contribution in [0, 0.1) is 17.8 Å². The third kappa shape index (κ3) is 5.03. The lowest BCUT2D eigenvalue weighted by molar-refractivity contribution is -0.132.